The van der Waals surface area contributed by atoms with Crippen LogP contribution in [0.25, 0.3) is 11.3 Å². The molecule has 0 spiro atoms. The van der Waals surface area contributed by atoms with E-state index in [1.54, 1.807) is 31.4 Å². The van der Waals surface area contributed by atoms with Gasteiger partial charge in [0.2, 0.25) is 0 Å². The van der Waals surface area contributed by atoms with Crippen LogP contribution in [-0.2, 0) is 0 Å². The van der Waals surface area contributed by atoms with Gasteiger partial charge >= 0.3 is 5.97 Å². The zero-order valence-corrected chi connectivity index (χ0v) is 17.0. The van der Waals surface area contributed by atoms with Crippen LogP contribution in [0, 0.1) is 6.92 Å². The number of aromatic nitrogens is 1. The van der Waals surface area contributed by atoms with Gasteiger partial charge < -0.3 is 24.6 Å². The average molecular weight is 395 g/mol. The molecule has 2 N–H and O–H groups in total. The Morgan fingerprint density at radius 3 is 2.38 bits per heavy atom. The second-order valence-electron chi connectivity index (χ2n) is 7.04. The van der Waals surface area contributed by atoms with Crippen LogP contribution in [0.15, 0.2) is 53.1 Å². The lowest BCUT2D eigenvalue weighted by atomic mass is 10.0. The molecule has 0 aliphatic carbocycles. The third-order valence-electron chi connectivity index (χ3n) is 4.81. The van der Waals surface area contributed by atoms with E-state index in [1.807, 2.05) is 21.0 Å². The van der Waals surface area contributed by atoms with Crippen molar-refractivity contribution in [2.45, 2.75) is 13.0 Å². The summed E-state index contributed by atoms with van der Waals surface area (Å²) in [5, 5.41) is 16.9. The molecule has 1 aromatic heterocycles. The number of hydrogen-bond acceptors (Lipinski definition) is 6. The number of likely N-dealkylation sites (N-methyl/N-ethyl adjacent to an activating group) is 1. The first-order valence-corrected chi connectivity index (χ1v) is 9.25. The minimum Gasteiger partial charge on any atom is -0.497 e. The van der Waals surface area contributed by atoms with Gasteiger partial charge in [0.25, 0.3) is 0 Å². The van der Waals surface area contributed by atoms with Crippen LogP contribution < -0.4 is 10.1 Å². The lowest BCUT2D eigenvalue weighted by molar-refractivity contribution is 0.0698. The fourth-order valence-electron chi connectivity index (χ4n) is 3.13. The van der Waals surface area contributed by atoms with Gasteiger partial charge in [0.1, 0.15) is 5.75 Å². The molecule has 0 aliphatic heterocycles. The molecule has 152 valence electrons. The monoisotopic (exact) mass is 395 g/mol. The summed E-state index contributed by atoms with van der Waals surface area (Å²) in [5.41, 5.74) is 2.94. The van der Waals surface area contributed by atoms with Crippen LogP contribution in [-0.4, -0.2) is 48.9 Å². The van der Waals surface area contributed by atoms with E-state index in [-0.39, 0.29) is 23.2 Å². The minimum atomic E-state index is -1.10. The Balaban J connectivity index is 1.85. The molecule has 29 heavy (non-hydrogen) atoms. The van der Waals surface area contributed by atoms with Crippen molar-refractivity contribution < 1.29 is 19.2 Å². The summed E-state index contributed by atoms with van der Waals surface area (Å²) in [5.74, 6) is -0.00612. The number of anilines is 1. The predicted octanol–water partition coefficient (Wildman–Crippen LogP) is 4.07. The first-order valence-electron chi connectivity index (χ1n) is 9.25. The SMILES string of the molecule is COc1ccc(-c2onc(NCC(c3ccc(C)cc3)N(C)C)c2C(=O)O)cc1. The normalized spacial score (nSPS) is 12.0. The first-order chi connectivity index (χ1) is 13.9. The van der Waals surface area contributed by atoms with E-state index in [0.717, 1.165) is 5.56 Å². The Labute approximate surface area is 169 Å². The van der Waals surface area contributed by atoms with Gasteiger partial charge in [0, 0.05) is 12.1 Å². The number of ether oxygens (including phenoxy) is 1. The van der Waals surface area contributed by atoms with E-state index in [2.05, 4.69) is 39.6 Å². The number of nitrogens with one attached hydrogen (secondary N) is 1. The molecule has 1 atom stereocenters. The van der Waals surface area contributed by atoms with Crippen LogP contribution in [0.5, 0.6) is 5.75 Å². The van der Waals surface area contributed by atoms with Crippen molar-refractivity contribution >= 4 is 11.8 Å². The van der Waals surface area contributed by atoms with Crippen molar-refractivity contribution in [1.82, 2.24) is 10.1 Å². The second kappa shape index (κ2) is 8.79. The Hall–Kier alpha value is -3.32. The smallest absolute Gasteiger partial charge is 0.343 e. The molecule has 1 unspecified atom stereocenters. The molecule has 2 aromatic carbocycles. The third-order valence-corrected chi connectivity index (χ3v) is 4.81. The van der Waals surface area contributed by atoms with Gasteiger partial charge in [0.15, 0.2) is 17.1 Å². The van der Waals surface area contributed by atoms with Crippen molar-refractivity contribution in [3.63, 3.8) is 0 Å². The van der Waals surface area contributed by atoms with Crippen LogP contribution in [0.1, 0.15) is 27.5 Å². The van der Waals surface area contributed by atoms with Crippen LogP contribution in [0.2, 0.25) is 0 Å². The maximum Gasteiger partial charge on any atom is 0.343 e. The number of aromatic carboxylic acids is 1. The van der Waals surface area contributed by atoms with Gasteiger partial charge in [-0.15, -0.1) is 0 Å². The average Bonchev–Trinajstić information content (AvgIpc) is 3.13. The van der Waals surface area contributed by atoms with Crippen molar-refractivity contribution in [3.05, 3.63) is 65.2 Å². The van der Waals surface area contributed by atoms with Crippen molar-refractivity contribution in [2.24, 2.45) is 0 Å². The van der Waals surface area contributed by atoms with E-state index in [4.69, 9.17) is 9.26 Å². The maximum absolute atomic E-state index is 11.9. The molecule has 7 nitrogen and oxygen atoms in total. The van der Waals surface area contributed by atoms with E-state index in [9.17, 15) is 9.90 Å². The van der Waals surface area contributed by atoms with Gasteiger partial charge in [0.05, 0.1) is 13.2 Å². The lowest BCUT2D eigenvalue weighted by Gasteiger charge is -2.25. The highest BCUT2D eigenvalue weighted by molar-refractivity contribution is 5.99. The number of carbonyl (C=O) groups is 1. The largest absolute Gasteiger partial charge is 0.497 e. The summed E-state index contributed by atoms with van der Waals surface area (Å²) in [7, 11) is 5.54. The molecular weight excluding hydrogens is 370 g/mol. The molecule has 0 fully saturated rings. The summed E-state index contributed by atoms with van der Waals surface area (Å²) >= 11 is 0. The van der Waals surface area contributed by atoms with Gasteiger partial charge in [-0.1, -0.05) is 35.0 Å². The topological polar surface area (TPSA) is 87.8 Å². The zero-order valence-electron chi connectivity index (χ0n) is 17.0. The van der Waals surface area contributed by atoms with Crippen LogP contribution in [0.4, 0.5) is 5.82 Å². The first kappa shape index (κ1) is 20.4. The number of hydrogen-bond donors (Lipinski definition) is 2. The number of aryl methyl sites for hydroxylation is 1. The highest BCUT2D eigenvalue weighted by atomic mass is 16.5. The Kier molecular flexibility index (Phi) is 6.19. The van der Waals surface area contributed by atoms with Crippen LogP contribution >= 0.6 is 0 Å². The standard InChI is InChI=1S/C22H25N3O4/c1-14-5-7-15(8-6-14)18(25(2)3)13-23-21-19(22(26)27)20(29-24-21)16-9-11-17(28-4)12-10-16/h5-12,18H,13H2,1-4H3,(H,23,24)(H,26,27). The number of methoxy groups -OCH3 is 1. The molecular formula is C22H25N3O4. The summed E-state index contributed by atoms with van der Waals surface area (Å²) in [6, 6.07) is 15.3. The van der Waals surface area contributed by atoms with Gasteiger partial charge in [-0.25, -0.2) is 4.79 Å². The minimum absolute atomic E-state index is 0.0107. The number of benzene rings is 2. The summed E-state index contributed by atoms with van der Waals surface area (Å²) in [6.45, 7) is 2.52. The predicted molar refractivity (Wildman–Crippen MR) is 112 cm³/mol. The van der Waals surface area contributed by atoms with Crippen LogP contribution in [0.3, 0.4) is 0 Å². The van der Waals surface area contributed by atoms with Gasteiger partial charge in [-0.2, -0.15) is 0 Å². The van der Waals surface area contributed by atoms with E-state index >= 15 is 0 Å². The fraction of sp³-hybridized carbons (Fsp3) is 0.273. The molecule has 0 amide bonds. The summed E-state index contributed by atoms with van der Waals surface area (Å²) in [6.07, 6.45) is 0. The van der Waals surface area contributed by atoms with E-state index in [1.165, 1.54) is 5.56 Å². The van der Waals surface area contributed by atoms with Crippen molar-refractivity contribution in [3.8, 4) is 17.1 Å². The van der Waals surface area contributed by atoms with Crippen molar-refractivity contribution in [2.75, 3.05) is 33.1 Å². The molecule has 0 saturated carbocycles. The van der Waals surface area contributed by atoms with E-state index in [0.29, 0.717) is 17.9 Å². The fourth-order valence-corrected chi connectivity index (χ4v) is 3.13. The molecule has 3 aromatic rings. The number of carboxylic acids is 1. The van der Waals surface area contributed by atoms with E-state index < -0.39 is 5.97 Å². The Morgan fingerprint density at radius 2 is 1.83 bits per heavy atom. The van der Waals surface area contributed by atoms with Gasteiger partial charge in [-0.3, -0.25) is 0 Å². The third kappa shape index (κ3) is 4.57. The molecule has 1 heterocycles. The molecule has 0 radical (unpaired) electrons. The Morgan fingerprint density at radius 1 is 1.17 bits per heavy atom. The van der Waals surface area contributed by atoms with Crippen molar-refractivity contribution in [1.29, 1.82) is 0 Å². The maximum atomic E-state index is 11.9. The lowest BCUT2D eigenvalue weighted by Crippen LogP contribution is -2.27. The zero-order chi connectivity index (χ0) is 21.0. The molecule has 0 bridgehead atoms. The molecule has 7 heteroatoms. The molecule has 0 aliphatic rings. The second-order valence-corrected chi connectivity index (χ2v) is 7.04. The van der Waals surface area contributed by atoms with Gasteiger partial charge in [-0.05, 0) is 50.8 Å². The summed E-state index contributed by atoms with van der Waals surface area (Å²) < 4.78 is 10.5. The molecule has 0 saturated heterocycles. The number of carboxylic acid groups (broad SMARTS) is 1. The molecule has 3 rings (SSSR count). The number of rotatable bonds is 8. The summed E-state index contributed by atoms with van der Waals surface area (Å²) in [4.78, 5) is 14.0. The highest BCUT2D eigenvalue weighted by Gasteiger charge is 2.25. The highest BCUT2D eigenvalue weighted by Crippen LogP contribution is 2.31. The quantitative estimate of drug-likeness (QED) is 0.594. The Bertz CT molecular complexity index is 963. The number of nitrogens with zero attached hydrogens (tertiary/aromatic N) is 2.